The Balaban J connectivity index is 2.77. The van der Waals surface area contributed by atoms with Crippen LogP contribution < -0.4 is 4.90 Å². The van der Waals surface area contributed by atoms with Crippen LogP contribution in [0.15, 0.2) is 24.3 Å². The highest BCUT2D eigenvalue weighted by Gasteiger charge is 2.25. The second kappa shape index (κ2) is 6.01. The maximum Gasteiger partial charge on any atom is 0.146 e. The van der Waals surface area contributed by atoms with E-state index < -0.39 is 0 Å². The van der Waals surface area contributed by atoms with Crippen LogP contribution in [0.4, 0.5) is 10.1 Å². The van der Waals surface area contributed by atoms with Crippen molar-refractivity contribution in [3.8, 4) is 0 Å². The molecule has 0 saturated carbocycles. The summed E-state index contributed by atoms with van der Waals surface area (Å²) in [5.41, 5.74) is 0.412. The normalized spacial score (nSPS) is 14.4. The molecule has 0 amide bonds. The number of aliphatic hydroxyl groups is 1. The number of nitrogens with zero attached hydrogens (tertiary/aromatic N) is 1. The molecule has 0 fully saturated rings. The van der Waals surface area contributed by atoms with Crippen molar-refractivity contribution < 1.29 is 9.50 Å². The fourth-order valence-electron chi connectivity index (χ4n) is 2.23. The van der Waals surface area contributed by atoms with Crippen LogP contribution in [0.25, 0.3) is 0 Å². The van der Waals surface area contributed by atoms with Gasteiger partial charge in [0.15, 0.2) is 0 Å². The molecule has 96 valence electrons. The molecular formula is C14H22FNO. The molecule has 0 heterocycles. The van der Waals surface area contributed by atoms with Gasteiger partial charge in [-0.15, -0.1) is 0 Å². The van der Waals surface area contributed by atoms with Crippen molar-refractivity contribution >= 4 is 5.69 Å². The van der Waals surface area contributed by atoms with E-state index in [0.29, 0.717) is 12.2 Å². The van der Waals surface area contributed by atoms with Crippen LogP contribution in [0.5, 0.6) is 0 Å². The van der Waals surface area contributed by atoms with Crippen molar-refractivity contribution in [2.24, 2.45) is 5.41 Å². The van der Waals surface area contributed by atoms with Crippen molar-refractivity contribution in [1.29, 1.82) is 0 Å². The smallest absolute Gasteiger partial charge is 0.146 e. The van der Waals surface area contributed by atoms with Crippen LogP contribution >= 0.6 is 0 Å². The Labute approximate surface area is 103 Å². The third-order valence-electron chi connectivity index (χ3n) is 3.12. The maximum atomic E-state index is 13.6. The van der Waals surface area contributed by atoms with Crippen molar-refractivity contribution in [2.75, 3.05) is 25.1 Å². The Bertz CT molecular complexity index is 356. The van der Waals surface area contributed by atoms with Gasteiger partial charge < -0.3 is 10.0 Å². The molecule has 1 unspecified atom stereocenters. The van der Waals surface area contributed by atoms with Crippen molar-refractivity contribution in [1.82, 2.24) is 0 Å². The van der Waals surface area contributed by atoms with E-state index in [0.717, 1.165) is 12.8 Å². The molecule has 1 rings (SSSR count). The minimum Gasteiger partial charge on any atom is -0.396 e. The van der Waals surface area contributed by atoms with Gasteiger partial charge in [-0.1, -0.05) is 32.4 Å². The molecule has 0 aliphatic heterocycles. The maximum absolute atomic E-state index is 13.6. The quantitative estimate of drug-likeness (QED) is 0.824. The number of hydrogen-bond acceptors (Lipinski definition) is 2. The predicted molar refractivity (Wildman–Crippen MR) is 69.8 cm³/mol. The van der Waals surface area contributed by atoms with E-state index in [2.05, 4.69) is 6.92 Å². The first-order valence-corrected chi connectivity index (χ1v) is 6.09. The van der Waals surface area contributed by atoms with Crippen LogP contribution in [0.1, 0.15) is 26.7 Å². The number of rotatable bonds is 6. The summed E-state index contributed by atoms with van der Waals surface area (Å²) >= 11 is 0. The molecule has 1 aromatic rings. The summed E-state index contributed by atoms with van der Waals surface area (Å²) in [7, 11) is 1.86. The summed E-state index contributed by atoms with van der Waals surface area (Å²) in [5.74, 6) is -0.216. The number of halogens is 1. The molecule has 1 aromatic carbocycles. The van der Waals surface area contributed by atoms with Crippen LogP contribution in [0.3, 0.4) is 0 Å². The largest absolute Gasteiger partial charge is 0.396 e. The van der Waals surface area contributed by atoms with Gasteiger partial charge in [-0.2, -0.15) is 0 Å². The molecule has 1 atom stereocenters. The van der Waals surface area contributed by atoms with Gasteiger partial charge in [-0.3, -0.25) is 0 Å². The van der Waals surface area contributed by atoms with Gasteiger partial charge in [0.1, 0.15) is 5.82 Å². The van der Waals surface area contributed by atoms with E-state index in [4.69, 9.17) is 0 Å². The van der Waals surface area contributed by atoms with E-state index in [9.17, 15) is 9.50 Å². The molecule has 1 N–H and O–H groups in total. The molecule has 0 radical (unpaired) electrons. The average Bonchev–Trinajstić information content (AvgIpc) is 2.29. The predicted octanol–water partition coefficient (Wildman–Crippen LogP) is 3.06. The van der Waals surface area contributed by atoms with Crippen molar-refractivity contribution in [3.05, 3.63) is 30.1 Å². The first kappa shape index (κ1) is 14.0. The Morgan fingerprint density at radius 3 is 2.53 bits per heavy atom. The summed E-state index contributed by atoms with van der Waals surface area (Å²) in [6, 6.07) is 6.73. The lowest BCUT2D eigenvalue weighted by Gasteiger charge is -2.33. The zero-order valence-electron chi connectivity index (χ0n) is 10.9. The third-order valence-corrected chi connectivity index (χ3v) is 3.12. The van der Waals surface area contributed by atoms with Crippen molar-refractivity contribution in [2.45, 2.75) is 26.7 Å². The van der Waals surface area contributed by atoms with E-state index in [1.807, 2.05) is 24.9 Å². The lowest BCUT2D eigenvalue weighted by Crippen LogP contribution is -2.36. The highest BCUT2D eigenvalue weighted by molar-refractivity contribution is 5.46. The Hall–Kier alpha value is -1.09. The fraction of sp³-hybridized carbons (Fsp3) is 0.571. The zero-order valence-corrected chi connectivity index (χ0v) is 10.9. The minimum absolute atomic E-state index is 0.125. The Morgan fingerprint density at radius 1 is 1.35 bits per heavy atom. The van der Waals surface area contributed by atoms with Gasteiger partial charge in [0.05, 0.1) is 12.3 Å². The fourth-order valence-corrected chi connectivity index (χ4v) is 2.23. The molecule has 0 aromatic heterocycles. The van der Waals surface area contributed by atoms with Gasteiger partial charge >= 0.3 is 0 Å². The van der Waals surface area contributed by atoms with Crippen LogP contribution in [0, 0.1) is 11.2 Å². The summed E-state index contributed by atoms with van der Waals surface area (Å²) < 4.78 is 13.6. The van der Waals surface area contributed by atoms with Gasteiger partial charge in [-0.25, -0.2) is 4.39 Å². The molecule has 0 aliphatic rings. The lowest BCUT2D eigenvalue weighted by molar-refractivity contribution is 0.137. The molecule has 0 aliphatic carbocycles. The summed E-state index contributed by atoms with van der Waals surface area (Å²) in [6.45, 7) is 4.91. The molecule has 17 heavy (non-hydrogen) atoms. The van der Waals surface area contributed by atoms with E-state index in [1.54, 1.807) is 12.1 Å². The standard InChI is InChI=1S/C14H22FNO/c1-4-9-14(2,11-17)10-16(3)13-8-6-5-7-12(13)15/h5-8,17H,4,9-11H2,1-3H3. The first-order valence-electron chi connectivity index (χ1n) is 6.09. The summed E-state index contributed by atoms with van der Waals surface area (Å²) in [4.78, 5) is 1.88. The Morgan fingerprint density at radius 2 is 2.00 bits per heavy atom. The molecule has 0 saturated heterocycles. The van der Waals surface area contributed by atoms with Gasteiger partial charge in [0, 0.05) is 19.0 Å². The first-order chi connectivity index (χ1) is 8.02. The van der Waals surface area contributed by atoms with Crippen LogP contribution in [-0.4, -0.2) is 25.3 Å². The summed E-state index contributed by atoms with van der Waals surface area (Å²) in [5, 5.41) is 9.46. The van der Waals surface area contributed by atoms with E-state index in [1.165, 1.54) is 6.07 Å². The molecule has 3 heteroatoms. The topological polar surface area (TPSA) is 23.5 Å². The molecule has 2 nitrogen and oxygen atoms in total. The van der Waals surface area contributed by atoms with Gasteiger partial charge in [0.2, 0.25) is 0 Å². The SMILES string of the molecule is CCCC(C)(CO)CN(C)c1ccccc1F. The second-order valence-electron chi connectivity index (χ2n) is 5.03. The van der Waals surface area contributed by atoms with Crippen LogP contribution in [0.2, 0.25) is 0 Å². The second-order valence-corrected chi connectivity index (χ2v) is 5.03. The number of anilines is 1. The average molecular weight is 239 g/mol. The zero-order chi connectivity index (χ0) is 12.9. The monoisotopic (exact) mass is 239 g/mol. The highest BCUT2D eigenvalue weighted by atomic mass is 19.1. The van der Waals surface area contributed by atoms with E-state index >= 15 is 0 Å². The number of hydrogen-bond donors (Lipinski definition) is 1. The van der Waals surface area contributed by atoms with E-state index in [-0.39, 0.29) is 17.8 Å². The van der Waals surface area contributed by atoms with Gasteiger partial charge in [0.25, 0.3) is 0 Å². The van der Waals surface area contributed by atoms with Crippen LogP contribution in [-0.2, 0) is 0 Å². The lowest BCUT2D eigenvalue weighted by atomic mass is 9.86. The minimum atomic E-state index is -0.216. The Kier molecular flexibility index (Phi) is 4.94. The number of aliphatic hydroxyl groups excluding tert-OH is 1. The molecule has 0 bridgehead atoms. The summed E-state index contributed by atoms with van der Waals surface area (Å²) in [6.07, 6.45) is 1.95. The van der Waals surface area contributed by atoms with Gasteiger partial charge in [-0.05, 0) is 18.6 Å². The molecule has 0 spiro atoms. The number of para-hydroxylation sites is 1. The molecular weight excluding hydrogens is 217 g/mol. The van der Waals surface area contributed by atoms with Crippen molar-refractivity contribution in [3.63, 3.8) is 0 Å². The highest BCUT2D eigenvalue weighted by Crippen LogP contribution is 2.27. The third kappa shape index (κ3) is 3.70. The number of benzene rings is 1.